The van der Waals surface area contributed by atoms with Gasteiger partial charge in [-0.25, -0.2) is 4.39 Å². The first-order valence-electron chi connectivity index (χ1n) is 13.4. The molecule has 0 aliphatic heterocycles. The molecule has 0 radical (unpaired) electrons. The zero-order valence-corrected chi connectivity index (χ0v) is 22.8. The number of nitrogens with zero attached hydrogens (tertiary/aromatic N) is 2. The molecule has 208 valence electrons. The molecular formula is C31H33FN4O4. The number of carbonyl (C=O) groups excluding carboxylic acids is 2. The topological polar surface area (TPSA) is 106 Å². The summed E-state index contributed by atoms with van der Waals surface area (Å²) in [6.07, 6.45) is 1.10. The van der Waals surface area contributed by atoms with Crippen LogP contribution < -0.4 is 10.6 Å². The van der Waals surface area contributed by atoms with E-state index in [4.69, 9.17) is 9.15 Å². The quantitative estimate of drug-likeness (QED) is 0.198. The number of anilines is 1. The van der Waals surface area contributed by atoms with Gasteiger partial charge in [0.05, 0.1) is 19.1 Å². The molecule has 8 nitrogen and oxygen atoms in total. The van der Waals surface area contributed by atoms with Crippen molar-refractivity contribution in [3.63, 3.8) is 0 Å². The lowest BCUT2D eigenvalue weighted by Gasteiger charge is -2.26. The molecule has 4 aromatic rings. The van der Waals surface area contributed by atoms with Crippen LogP contribution in [0.4, 0.5) is 10.1 Å². The standard InChI is InChI=1S/C31H33FN4O4/c1-4-20(3)28(21-6-8-22(9-7-21)29(38)33-19-18-27(37)39-5-2)34-26-16-12-24(13-17-26)31-36-35-30(40-31)23-10-14-25(32)15-11-23/h6-17,20,28,34H,4-5,18-19H2,1-3H3,(H,33,38). The second kappa shape index (κ2) is 13.5. The van der Waals surface area contributed by atoms with E-state index in [-0.39, 0.29) is 36.7 Å². The minimum atomic E-state index is -0.333. The number of halogens is 1. The van der Waals surface area contributed by atoms with E-state index in [1.54, 1.807) is 31.2 Å². The van der Waals surface area contributed by atoms with Crippen molar-refractivity contribution in [2.45, 2.75) is 39.7 Å². The number of hydrogen-bond donors (Lipinski definition) is 2. The monoisotopic (exact) mass is 544 g/mol. The van der Waals surface area contributed by atoms with E-state index < -0.39 is 0 Å². The zero-order chi connectivity index (χ0) is 28.5. The van der Waals surface area contributed by atoms with Crippen molar-refractivity contribution >= 4 is 17.6 Å². The van der Waals surface area contributed by atoms with E-state index in [2.05, 4.69) is 34.7 Å². The summed E-state index contributed by atoms with van der Waals surface area (Å²) in [5, 5.41) is 14.6. The minimum Gasteiger partial charge on any atom is -0.466 e. The first-order valence-corrected chi connectivity index (χ1v) is 13.4. The Labute approximate surface area is 233 Å². The first kappa shape index (κ1) is 28.5. The number of nitrogens with one attached hydrogen (secondary N) is 2. The number of rotatable bonds is 12. The van der Waals surface area contributed by atoms with Gasteiger partial charge in [0, 0.05) is 28.9 Å². The molecule has 0 bridgehead atoms. The van der Waals surface area contributed by atoms with Crippen LogP contribution in [0, 0.1) is 11.7 Å². The number of aromatic nitrogens is 2. The Morgan fingerprint density at radius 2 is 1.50 bits per heavy atom. The van der Waals surface area contributed by atoms with Gasteiger partial charge in [-0.05, 0) is 79.1 Å². The lowest BCUT2D eigenvalue weighted by atomic mass is 9.91. The van der Waals surface area contributed by atoms with E-state index >= 15 is 0 Å². The molecule has 3 aromatic carbocycles. The first-order chi connectivity index (χ1) is 19.4. The van der Waals surface area contributed by atoms with Gasteiger partial charge < -0.3 is 19.8 Å². The van der Waals surface area contributed by atoms with E-state index in [1.807, 2.05) is 36.4 Å². The van der Waals surface area contributed by atoms with E-state index in [9.17, 15) is 14.0 Å². The summed E-state index contributed by atoms with van der Waals surface area (Å²) in [5.74, 6) is 0.124. The molecule has 2 unspecified atom stereocenters. The maximum Gasteiger partial charge on any atom is 0.307 e. The Balaban J connectivity index is 1.41. The number of carbonyl (C=O) groups is 2. The fourth-order valence-electron chi connectivity index (χ4n) is 4.18. The summed E-state index contributed by atoms with van der Waals surface area (Å²) >= 11 is 0. The summed E-state index contributed by atoms with van der Waals surface area (Å²) < 4.78 is 23.9. The molecule has 0 saturated carbocycles. The molecule has 0 aliphatic carbocycles. The Morgan fingerprint density at radius 3 is 2.08 bits per heavy atom. The van der Waals surface area contributed by atoms with E-state index in [0.29, 0.717) is 35.4 Å². The smallest absolute Gasteiger partial charge is 0.307 e. The fraction of sp³-hybridized carbons (Fsp3) is 0.290. The molecule has 0 aliphatic rings. The number of benzene rings is 3. The Hall–Kier alpha value is -4.53. The van der Waals surface area contributed by atoms with Crippen molar-refractivity contribution in [3.05, 3.63) is 89.7 Å². The SMILES string of the molecule is CCOC(=O)CCNC(=O)c1ccc(C(Nc2ccc(-c3nnc(-c4ccc(F)cc4)o3)cc2)C(C)CC)cc1. The lowest BCUT2D eigenvalue weighted by molar-refractivity contribution is -0.142. The second-order valence-corrected chi connectivity index (χ2v) is 9.44. The molecule has 2 N–H and O–H groups in total. The van der Waals surface area contributed by atoms with Crippen LogP contribution in [0.15, 0.2) is 77.2 Å². The molecule has 1 aromatic heterocycles. The highest BCUT2D eigenvalue weighted by molar-refractivity contribution is 5.94. The fourth-order valence-corrected chi connectivity index (χ4v) is 4.18. The van der Waals surface area contributed by atoms with Crippen LogP contribution in [-0.2, 0) is 9.53 Å². The average Bonchev–Trinajstić information content (AvgIpc) is 3.47. The van der Waals surface area contributed by atoms with Gasteiger partial charge >= 0.3 is 5.97 Å². The predicted octanol–water partition coefficient (Wildman–Crippen LogP) is 6.43. The van der Waals surface area contributed by atoms with Crippen LogP contribution in [0.25, 0.3) is 22.9 Å². The molecule has 40 heavy (non-hydrogen) atoms. The van der Waals surface area contributed by atoms with Crippen LogP contribution in [0.3, 0.4) is 0 Å². The normalized spacial score (nSPS) is 12.4. The summed E-state index contributed by atoms with van der Waals surface area (Å²) in [4.78, 5) is 24.0. The highest BCUT2D eigenvalue weighted by atomic mass is 19.1. The second-order valence-electron chi connectivity index (χ2n) is 9.44. The molecule has 2 atom stereocenters. The average molecular weight is 545 g/mol. The van der Waals surface area contributed by atoms with Crippen molar-refractivity contribution < 1.29 is 23.1 Å². The Morgan fingerprint density at radius 1 is 0.900 bits per heavy atom. The lowest BCUT2D eigenvalue weighted by Crippen LogP contribution is -2.26. The largest absolute Gasteiger partial charge is 0.466 e. The number of amides is 1. The predicted molar refractivity (Wildman–Crippen MR) is 151 cm³/mol. The van der Waals surface area contributed by atoms with Gasteiger partial charge in [-0.2, -0.15) is 0 Å². The molecule has 0 fully saturated rings. The Kier molecular flexibility index (Phi) is 9.62. The number of esters is 1. The van der Waals surface area contributed by atoms with Gasteiger partial charge in [-0.15, -0.1) is 10.2 Å². The van der Waals surface area contributed by atoms with Crippen LogP contribution in [0.5, 0.6) is 0 Å². The third-order valence-corrected chi connectivity index (χ3v) is 6.64. The molecule has 0 saturated heterocycles. The molecule has 9 heteroatoms. The van der Waals surface area contributed by atoms with Gasteiger partial charge in [0.1, 0.15) is 5.82 Å². The number of hydrogen-bond acceptors (Lipinski definition) is 7. The summed E-state index contributed by atoms with van der Waals surface area (Å²) in [6.45, 7) is 6.61. The van der Waals surface area contributed by atoms with Crippen molar-refractivity contribution in [2.75, 3.05) is 18.5 Å². The van der Waals surface area contributed by atoms with E-state index in [0.717, 1.165) is 23.2 Å². The van der Waals surface area contributed by atoms with Gasteiger partial charge in [0.15, 0.2) is 0 Å². The highest BCUT2D eigenvalue weighted by Crippen LogP contribution is 2.31. The van der Waals surface area contributed by atoms with Crippen LogP contribution >= 0.6 is 0 Å². The van der Waals surface area contributed by atoms with Crippen molar-refractivity contribution in [1.82, 2.24) is 15.5 Å². The summed E-state index contributed by atoms with van der Waals surface area (Å²) in [5.41, 5.74) is 3.93. The molecule has 4 rings (SSSR count). The van der Waals surface area contributed by atoms with Gasteiger partial charge in [-0.3, -0.25) is 9.59 Å². The van der Waals surface area contributed by atoms with Crippen LogP contribution in [-0.4, -0.2) is 35.2 Å². The Bertz CT molecular complexity index is 1400. The summed E-state index contributed by atoms with van der Waals surface area (Å²) in [6, 6.07) is 21.1. The van der Waals surface area contributed by atoms with Gasteiger partial charge in [-0.1, -0.05) is 32.4 Å². The molecular weight excluding hydrogens is 511 g/mol. The summed E-state index contributed by atoms with van der Waals surface area (Å²) in [7, 11) is 0. The van der Waals surface area contributed by atoms with Gasteiger partial charge in [0.25, 0.3) is 5.91 Å². The van der Waals surface area contributed by atoms with Crippen LogP contribution in [0.2, 0.25) is 0 Å². The third-order valence-electron chi connectivity index (χ3n) is 6.64. The zero-order valence-electron chi connectivity index (χ0n) is 22.8. The number of ether oxygens (including phenoxy) is 1. The van der Waals surface area contributed by atoms with Crippen molar-refractivity contribution in [3.8, 4) is 22.9 Å². The maximum atomic E-state index is 13.2. The maximum absolute atomic E-state index is 13.2. The van der Waals surface area contributed by atoms with Crippen molar-refractivity contribution in [2.24, 2.45) is 5.92 Å². The minimum absolute atomic E-state index is 0.0188. The van der Waals surface area contributed by atoms with E-state index in [1.165, 1.54) is 12.1 Å². The highest BCUT2D eigenvalue weighted by Gasteiger charge is 2.19. The molecule has 0 spiro atoms. The van der Waals surface area contributed by atoms with Crippen LogP contribution in [0.1, 0.15) is 55.6 Å². The molecule has 1 heterocycles. The van der Waals surface area contributed by atoms with Gasteiger partial charge in [0.2, 0.25) is 11.8 Å². The third kappa shape index (κ3) is 7.31. The van der Waals surface area contributed by atoms with Crippen molar-refractivity contribution in [1.29, 1.82) is 0 Å². The molecule has 1 amide bonds.